The molecule has 0 radical (unpaired) electrons. The van der Waals surface area contributed by atoms with Crippen LogP contribution in [0.5, 0.6) is 11.5 Å². The largest absolute Gasteiger partial charge is 0.494 e. The Morgan fingerprint density at radius 3 is 2.52 bits per heavy atom. The van der Waals surface area contributed by atoms with Crippen LogP contribution in [0.2, 0.25) is 0 Å². The van der Waals surface area contributed by atoms with Crippen LogP contribution in [0.1, 0.15) is 52.0 Å². The van der Waals surface area contributed by atoms with Gasteiger partial charge in [0.25, 0.3) is 0 Å². The number of ether oxygens (including phenoxy) is 2. The Morgan fingerprint density at radius 2 is 1.72 bits per heavy atom. The second kappa shape index (κ2) is 10.7. The van der Waals surface area contributed by atoms with Crippen LogP contribution >= 0.6 is 0 Å². The van der Waals surface area contributed by atoms with Gasteiger partial charge in [-0.1, -0.05) is 44.4 Å². The molecule has 0 saturated heterocycles. The summed E-state index contributed by atoms with van der Waals surface area (Å²) in [6.07, 6.45) is 5.08. The van der Waals surface area contributed by atoms with E-state index in [4.69, 9.17) is 9.47 Å². The molecule has 136 valence electrons. The van der Waals surface area contributed by atoms with Gasteiger partial charge in [-0.3, -0.25) is 0 Å². The first-order chi connectivity index (χ1) is 12.2. The van der Waals surface area contributed by atoms with Crippen molar-refractivity contribution in [1.82, 2.24) is 0 Å². The standard InChI is InChI=1S/C22H31NO2/c1-4-5-6-7-14-24-21-12-9-11-20(16-21)23-17-19-10-8-13-22(15-19)25-18(2)3/h8-13,15-16,18,23H,4-7,14,17H2,1-3H3. The second-order valence-corrected chi connectivity index (χ2v) is 6.60. The normalized spacial score (nSPS) is 10.7. The summed E-state index contributed by atoms with van der Waals surface area (Å²) < 4.78 is 11.6. The zero-order valence-corrected chi connectivity index (χ0v) is 15.8. The molecule has 2 aromatic rings. The van der Waals surface area contributed by atoms with Gasteiger partial charge in [0.05, 0.1) is 12.7 Å². The van der Waals surface area contributed by atoms with Crippen molar-refractivity contribution in [3.63, 3.8) is 0 Å². The van der Waals surface area contributed by atoms with Crippen molar-refractivity contribution in [1.29, 1.82) is 0 Å². The Labute approximate surface area is 152 Å². The molecule has 25 heavy (non-hydrogen) atoms. The van der Waals surface area contributed by atoms with Crippen LogP contribution in [-0.2, 0) is 6.54 Å². The summed E-state index contributed by atoms with van der Waals surface area (Å²) >= 11 is 0. The van der Waals surface area contributed by atoms with E-state index in [1.165, 1.54) is 24.8 Å². The highest BCUT2D eigenvalue weighted by Crippen LogP contribution is 2.20. The van der Waals surface area contributed by atoms with Crippen molar-refractivity contribution in [2.45, 2.75) is 59.1 Å². The fraction of sp³-hybridized carbons (Fsp3) is 0.455. The van der Waals surface area contributed by atoms with Gasteiger partial charge in [0, 0.05) is 18.3 Å². The highest BCUT2D eigenvalue weighted by atomic mass is 16.5. The summed E-state index contributed by atoms with van der Waals surface area (Å²) in [7, 11) is 0. The van der Waals surface area contributed by atoms with Gasteiger partial charge in [-0.15, -0.1) is 0 Å². The molecule has 0 aromatic heterocycles. The van der Waals surface area contributed by atoms with Crippen LogP contribution in [-0.4, -0.2) is 12.7 Å². The monoisotopic (exact) mass is 341 g/mol. The molecule has 2 aromatic carbocycles. The van der Waals surface area contributed by atoms with E-state index in [1.54, 1.807) is 0 Å². The third kappa shape index (κ3) is 7.51. The molecule has 0 amide bonds. The van der Waals surface area contributed by atoms with Gasteiger partial charge in [-0.25, -0.2) is 0 Å². The summed E-state index contributed by atoms with van der Waals surface area (Å²) in [5, 5.41) is 3.46. The van der Waals surface area contributed by atoms with E-state index in [-0.39, 0.29) is 6.10 Å². The third-order valence-corrected chi connectivity index (χ3v) is 3.87. The Kier molecular flexibility index (Phi) is 8.17. The van der Waals surface area contributed by atoms with E-state index in [0.29, 0.717) is 0 Å². The average molecular weight is 341 g/mol. The van der Waals surface area contributed by atoms with Gasteiger partial charge >= 0.3 is 0 Å². The molecular weight excluding hydrogens is 310 g/mol. The number of benzene rings is 2. The number of nitrogens with one attached hydrogen (secondary N) is 1. The smallest absolute Gasteiger partial charge is 0.121 e. The fourth-order valence-electron chi connectivity index (χ4n) is 2.62. The number of unbranched alkanes of at least 4 members (excludes halogenated alkanes) is 3. The topological polar surface area (TPSA) is 30.5 Å². The Hall–Kier alpha value is -2.16. The molecule has 0 unspecified atom stereocenters. The highest BCUT2D eigenvalue weighted by Gasteiger charge is 2.01. The molecule has 3 heteroatoms. The van der Waals surface area contributed by atoms with Crippen molar-refractivity contribution < 1.29 is 9.47 Å². The average Bonchev–Trinajstić information content (AvgIpc) is 2.60. The van der Waals surface area contributed by atoms with Crippen molar-refractivity contribution in [2.75, 3.05) is 11.9 Å². The highest BCUT2D eigenvalue weighted by molar-refractivity contribution is 5.48. The van der Waals surface area contributed by atoms with Gasteiger partial charge in [0.1, 0.15) is 11.5 Å². The summed E-state index contributed by atoms with van der Waals surface area (Å²) in [6.45, 7) is 7.85. The van der Waals surface area contributed by atoms with Gasteiger partial charge in [0.15, 0.2) is 0 Å². The Bertz CT molecular complexity index is 625. The number of anilines is 1. The minimum Gasteiger partial charge on any atom is -0.494 e. The van der Waals surface area contributed by atoms with Crippen LogP contribution < -0.4 is 14.8 Å². The van der Waals surface area contributed by atoms with Crippen molar-refractivity contribution in [3.8, 4) is 11.5 Å². The first-order valence-corrected chi connectivity index (χ1v) is 9.39. The lowest BCUT2D eigenvalue weighted by molar-refractivity contribution is 0.242. The lowest BCUT2D eigenvalue weighted by atomic mass is 10.2. The molecule has 0 heterocycles. The molecule has 0 atom stereocenters. The summed E-state index contributed by atoms with van der Waals surface area (Å²) in [4.78, 5) is 0. The molecular formula is C22H31NO2. The maximum absolute atomic E-state index is 5.85. The fourth-order valence-corrected chi connectivity index (χ4v) is 2.62. The van der Waals surface area contributed by atoms with Crippen molar-refractivity contribution in [2.24, 2.45) is 0 Å². The van der Waals surface area contributed by atoms with Gasteiger partial charge < -0.3 is 14.8 Å². The van der Waals surface area contributed by atoms with Crippen LogP contribution in [0.3, 0.4) is 0 Å². The molecule has 0 saturated carbocycles. The minimum absolute atomic E-state index is 0.189. The zero-order chi connectivity index (χ0) is 17.9. The summed E-state index contributed by atoms with van der Waals surface area (Å²) in [5.74, 6) is 1.84. The summed E-state index contributed by atoms with van der Waals surface area (Å²) in [6, 6.07) is 16.4. The second-order valence-electron chi connectivity index (χ2n) is 6.60. The van der Waals surface area contributed by atoms with Crippen LogP contribution in [0.25, 0.3) is 0 Å². The molecule has 1 N–H and O–H groups in total. The lowest BCUT2D eigenvalue weighted by Gasteiger charge is -2.12. The quantitative estimate of drug-likeness (QED) is 0.505. The molecule has 0 aliphatic rings. The molecule has 2 rings (SSSR count). The maximum atomic E-state index is 5.85. The number of rotatable bonds is 11. The predicted octanol–water partition coefficient (Wildman–Crippen LogP) is 6.05. The van der Waals surface area contributed by atoms with Crippen molar-refractivity contribution >= 4 is 5.69 Å². The van der Waals surface area contributed by atoms with Gasteiger partial charge in [0.2, 0.25) is 0 Å². The van der Waals surface area contributed by atoms with E-state index in [0.717, 1.165) is 36.8 Å². The number of hydrogen-bond donors (Lipinski definition) is 1. The molecule has 0 bridgehead atoms. The first kappa shape index (κ1) is 19.2. The van der Waals surface area contributed by atoms with Crippen LogP contribution in [0.15, 0.2) is 48.5 Å². The Morgan fingerprint density at radius 1 is 0.920 bits per heavy atom. The van der Waals surface area contributed by atoms with Crippen LogP contribution in [0, 0.1) is 0 Å². The number of hydrogen-bond acceptors (Lipinski definition) is 3. The van der Waals surface area contributed by atoms with E-state index in [2.05, 4.69) is 36.5 Å². The van der Waals surface area contributed by atoms with E-state index in [1.807, 2.05) is 38.1 Å². The Balaban J connectivity index is 1.83. The molecule has 3 nitrogen and oxygen atoms in total. The van der Waals surface area contributed by atoms with Crippen LogP contribution in [0.4, 0.5) is 5.69 Å². The SMILES string of the molecule is CCCCCCOc1cccc(NCc2cccc(OC(C)C)c2)c1. The van der Waals surface area contributed by atoms with E-state index in [9.17, 15) is 0 Å². The van der Waals surface area contributed by atoms with Gasteiger partial charge in [-0.05, 0) is 50.1 Å². The minimum atomic E-state index is 0.189. The molecule has 0 aliphatic heterocycles. The van der Waals surface area contributed by atoms with Gasteiger partial charge in [-0.2, -0.15) is 0 Å². The lowest BCUT2D eigenvalue weighted by Crippen LogP contribution is -2.06. The maximum Gasteiger partial charge on any atom is 0.121 e. The third-order valence-electron chi connectivity index (χ3n) is 3.87. The zero-order valence-electron chi connectivity index (χ0n) is 15.8. The van der Waals surface area contributed by atoms with E-state index >= 15 is 0 Å². The molecule has 0 spiro atoms. The first-order valence-electron chi connectivity index (χ1n) is 9.39. The predicted molar refractivity (Wildman–Crippen MR) is 106 cm³/mol. The van der Waals surface area contributed by atoms with Crippen molar-refractivity contribution in [3.05, 3.63) is 54.1 Å². The van der Waals surface area contributed by atoms with E-state index < -0.39 is 0 Å². The molecule has 0 aliphatic carbocycles. The summed E-state index contributed by atoms with van der Waals surface area (Å²) in [5.41, 5.74) is 2.27. The molecule has 0 fully saturated rings.